The van der Waals surface area contributed by atoms with Gasteiger partial charge < -0.3 is 9.53 Å². The normalized spacial score (nSPS) is 21.5. The van der Waals surface area contributed by atoms with E-state index in [4.69, 9.17) is 4.74 Å². The molecule has 2 aliphatic rings. The molecule has 3 amide bonds. The number of imide groups is 1. The zero-order valence-corrected chi connectivity index (χ0v) is 13.8. The Bertz CT molecular complexity index is 902. The number of benzene rings is 2. The summed E-state index contributed by atoms with van der Waals surface area (Å²) in [6, 6.07) is 11.0. The molecule has 26 heavy (non-hydrogen) atoms. The third kappa shape index (κ3) is 2.07. The van der Waals surface area contributed by atoms with E-state index in [2.05, 4.69) is 0 Å². The predicted molar refractivity (Wildman–Crippen MR) is 91.1 cm³/mol. The molecule has 1 fully saturated rings. The van der Waals surface area contributed by atoms with E-state index >= 15 is 0 Å². The number of nitrogens with zero attached hydrogens (tertiary/aromatic N) is 2. The minimum absolute atomic E-state index is 0.248. The van der Waals surface area contributed by atoms with Crippen molar-refractivity contribution < 1.29 is 23.9 Å². The number of rotatable bonds is 4. The molecule has 1 saturated heterocycles. The molecule has 0 unspecified atom stereocenters. The van der Waals surface area contributed by atoms with Gasteiger partial charge in [0.25, 0.3) is 17.7 Å². The van der Waals surface area contributed by atoms with Crippen molar-refractivity contribution in [3.8, 4) is 5.75 Å². The van der Waals surface area contributed by atoms with E-state index in [1.54, 1.807) is 36.4 Å². The zero-order chi connectivity index (χ0) is 18.4. The quantitative estimate of drug-likeness (QED) is 0.471. The fraction of sp³-hybridized carbons (Fsp3) is 0.158. The van der Waals surface area contributed by atoms with Gasteiger partial charge in [0.2, 0.25) is 0 Å². The van der Waals surface area contributed by atoms with Gasteiger partial charge in [-0.3, -0.25) is 24.2 Å². The Hall–Kier alpha value is -3.48. The Labute approximate surface area is 148 Å². The number of amides is 3. The summed E-state index contributed by atoms with van der Waals surface area (Å²) in [7, 11) is 1.52. The van der Waals surface area contributed by atoms with Crippen LogP contribution in [0.2, 0.25) is 0 Å². The van der Waals surface area contributed by atoms with Crippen LogP contribution in [0.15, 0.2) is 48.5 Å². The van der Waals surface area contributed by atoms with Crippen LogP contribution in [0.4, 0.5) is 5.69 Å². The van der Waals surface area contributed by atoms with Crippen molar-refractivity contribution in [2.75, 3.05) is 12.0 Å². The number of β-lactam (4-membered cyclic amide) rings is 1. The molecule has 2 aliphatic heterocycles. The highest BCUT2D eigenvalue weighted by Gasteiger charge is 2.56. The lowest BCUT2D eigenvalue weighted by Crippen LogP contribution is -2.72. The molecule has 0 saturated carbocycles. The van der Waals surface area contributed by atoms with E-state index in [1.165, 1.54) is 24.1 Å². The molecular weight excluding hydrogens is 336 g/mol. The average molecular weight is 350 g/mol. The van der Waals surface area contributed by atoms with Crippen LogP contribution in [0.3, 0.4) is 0 Å². The maximum Gasteiger partial charge on any atom is 0.262 e. The zero-order valence-electron chi connectivity index (χ0n) is 13.8. The van der Waals surface area contributed by atoms with Crippen LogP contribution in [-0.4, -0.2) is 48.1 Å². The summed E-state index contributed by atoms with van der Waals surface area (Å²) in [5, 5.41) is 0. The van der Waals surface area contributed by atoms with Crippen molar-refractivity contribution >= 4 is 29.7 Å². The maximum absolute atomic E-state index is 12.7. The number of hydrogen-bond acceptors (Lipinski definition) is 5. The van der Waals surface area contributed by atoms with E-state index in [1.807, 2.05) is 0 Å². The Kier molecular flexibility index (Phi) is 3.57. The van der Waals surface area contributed by atoms with Gasteiger partial charge in [-0.15, -0.1) is 0 Å². The SMILES string of the molecule is COc1ccc(N2C(=O)[C@H](N3C(=O)c4ccccc4C3=O)[C@@H]2C=O)cc1. The summed E-state index contributed by atoms with van der Waals surface area (Å²) >= 11 is 0. The molecule has 0 spiro atoms. The molecule has 0 radical (unpaired) electrons. The number of ether oxygens (including phenoxy) is 1. The second kappa shape index (κ2) is 5.80. The Morgan fingerprint density at radius 1 is 0.885 bits per heavy atom. The van der Waals surface area contributed by atoms with Crippen LogP contribution < -0.4 is 9.64 Å². The third-order valence-corrected chi connectivity index (χ3v) is 4.71. The molecule has 2 heterocycles. The van der Waals surface area contributed by atoms with Crippen LogP contribution in [-0.2, 0) is 9.59 Å². The van der Waals surface area contributed by atoms with Gasteiger partial charge in [0, 0.05) is 5.69 Å². The number of aldehydes is 1. The van der Waals surface area contributed by atoms with Gasteiger partial charge >= 0.3 is 0 Å². The van der Waals surface area contributed by atoms with Crippen molar-refractivity contribution in [3.05, 3.63) is 59.7 Å². The first-order valence-corrected chi connectivity index (χ1v) is 7.98. The molecule has 7 nitrogen and oxygen atoms in total. The predicted octanol–water partition coefficient (Wildman–Crippen LogP) is 1.27. The highest BCUT2D eigenvalue weighted by molar-refractivity contribution is 6.25. The van der Waals surface area contributed by atoms with Crippen molar-refractivity contribution in [2.24, 2.45) is 0 Å². The molecular formula is C19H14N2O5. The summed E-state index contributed by atoms with van der Waals surface area (Å²) in [6.45, 7) is 0. The minimum atomic E-state index is -1.12. The van der Waals surface area contributed by atoms with Crippen LogP contribution in [0, 0.1) is 0 Å². The van der Waals surface area contributed by atoms with E-state index < -0.39 is 29.8 Å². The number of carbonyl (C=O) groups excluding carboxylic acids is 4. The molecule has 4 rings (SSSR count). The summed E-state index contributed by atoms with van der Waals surface area (Å²) in [5.74, 6) is -0.960. The molecule has 0 N–H and O–H groups in total. The number of fused-ring (bicyclic) bond motifs is 1. The Morgan fingerprint density at radius 2 is 1.46 bits per heavy atom. The van der Waals surface area contributed by atoms with Gasteiger partial charge in [-0.05, 0) is 36.4 Å². The minimum Gasteiger partial charge on any atom is -0.497 e. The van der Waals surface area contributed by atoms with E-state index in [0.717, 1.165) is 4.90 Å². The summed E-state index contributed by atoms with van der Waals surface area (Å²) in [4.78, 5) is 51.7. The van der Waals surface area contributed by atoms with Gasteiger partial charge in [0.1, 0.15) is 24.1 Å². The monoisotopic (exact) mass is 350 g/mol. The van der Waals surface area contributed by atoms with Crippen LogP contribution in [0.5, 0.6) is 5.75 Å². The van der Waals surface area contributed by atoms with Gasteiger partial charge in [-0.25, -0.2) is 0 Å². The third-order valence-electron chi connectivity index (χ3n) is 4.71. The molecule has 0 aromatic heterocycles. The largest absolute Gasteiger partial charge is 0.497 e. The number of anilines is 1. The van der Waals surface area contributed by atoms with E-state index in [9.17, 15) is 19.2 Å². The summed E-state index contributed by atoms with van der Waals surface area (Å²) < 4.78 is 5.08. The first-order chi connectivity index (χ1) is 12.6. The molecule has 2 atom stereocenters. The first-order valence-electron chi connectivity index (χ1n) is 7.98. The van der Waals surface area contributed by atoms with Crippen LogP contribution in [0.25, 0.3) is 0 Å². The van der Waals surface area contributed by atoms with Crippen molar-refractivity contribution in [1.82, 2.24) is 4.90 Å². The molecule has 130 valence electrons. The topological polar surface area (TPSA) is 84.0 Å². The lowest BCUT2D eigenvalue weighted by Gasteiger charge is -2.46. The summed E-state index contributed by atoms with van der Waals surface area (Å²) in [6.07, 6.45) is 0.583. The van der Waals surface area contributed by atoms with Gasteiger partial charge in [0.15, 0.2) is 0 Å². The number of hydrogen-bond donors (Lipinski definition) is 0. The lowest BCUT2D eigenvalue weighted by molar-refractivity contribution is -0.133. The highest BCUT2D eigenvalue weighted by Crippen LogP contribution is 2.35. The molecule has 7 heteroatoms. The fourth-order valence-corrected chi connectivity index (χ4v) is 3.40. The van der Waals surface area contributed by atoms with E-state index in [-0.39, 0.29) is 11.1 Å². The number of carbonyl (C=O) groups is 4. The fourth-order valence-electron chi connectivity index (χ4n) is 3.40. The van der Waals surface area contributed by atoms with Gasteiger partial charge in [0.05, 0.1) is 18.2 Å². The lowest BCUT2D eigenvalue weighted by atomic mass is 9.93. The molecule has 2 aromatic rings. The molecule has 2 aromatic carbocycles. The second-order valence-corrected chi connectivity index (χ2v) is 6.00. The van der Waals surface area contributed by atoms with Gasteiger partial charge in [-0.2, -0.15) is 0 Å². The maximum atomic E-state index is 12.7. The Morgan fingerprint density at radius 3 is 1.96 bits per heavy atom. The van der Waals surface area contributed by atoms with Crippen molar-refractivity contribution in [1.29, 1.82) is 0 Å². The summed E-state index contributed by atoms with van der Waals surface area (Å²) in [5.41, 5.74) is 0.997. The molecule has 0 aliphatic carbocycles. The highest BCUT2D eigenvalue weighted by atomic mass is 16.5. The molecule has 0 bridgehead atoms. The van der Waals surface area contributed by atoms with E-state index in [0.29, 0.717) is 17.7 Å². The first kappa shape index (κ1) is 16.0. The smallest absolute Gasteiger partial charge is 0.262 e. The van der Waals surface area contributed by atoms with Crippen LogP contribution in [0.1, 0.15) is 20.7 Å². The standard InChI is InChI=1S/C19H14N2O5/c1-26-12-8-6-11(7-9-12)20-15(10-22)16(19(20)25)21-17(23)13-4-2-3-5-14(13)18(21)24/h2-10,15-16H,1H3/t15-,16+/m0/s1. The van der Waals surface area contributed by atoms with Crippen LogP contribution >= 0.6 is 0 Å². The second-order valence-electron chi connectivity index (χ2n) is 6.00. The average Bonchev–Trinajstić information content (AvgIpc) is 2.92. The number of methoxy groups -OCH3 is 1. The van der Waals surface area contributed by atoms with Gasteiger partial charge in [-0.1, -0.05) is 12.1 Å². The Balaban J connectivity index is 1.65. The van der Waals surface area contributed by atoms with Crippen molar-refractivity contribution in [2.45, 2.75) is 12.1 Å². The van der Waals surface area contributed by atoms with Crippen molar-refractivity contribution in [3.63, 3.8) is 0 Å².